The van der Waals surface area contributed by atoms with Crippen molar-refractivity contribution in [2.45, 2.75) is 19.1 Å². The highest BCUT2D eigenvalue weighted by Crippen LogP contribution is 2.35. The third-order valence-corrected chi connectivity index (χ3v) is 3.51. The van der Waals surface area contributed by atoms with E-state index in [1.54, 1.807) is 13.0 Å². The minimum Gasteiger partial charge on any atom is -0.469 e. The van der Waals surface area contributed by atoms with Crippen molar-refractivity contribution in [3.8, 4) is 0 Å². The first kappa shape index (κ1) is 11.4. The van der Waals surface area contributed by atoms with Crippen LogP contribution in [0, 0.1) is 0 Å². The first-order valence-corrected chi connectivity index (χ1v) is 5.85. The molecule has 0 bridgehead atoms. The number of rotatable bonds is 2. The quantitative estimate of drug-likeness (QED) is 0.767. The van der Waals surface area contributed by atoms with Crippen molar-refractivity contribution in [1.82, 2.24) is 0 Å². The molecule has 4 nitrogen and oxygen atoms in total. The number of methoxy groups -OCH3 is 1. The van der Waals surface area contributed by atoms with Gasteiger partial charge >= 0.3 is 5.97 Å². The number of carbonyl (C=O) groups excluding carboxylic acids is 1. The van der Waals surface area contributed by atoms with Gasteiger partial charge in [-0.15, -0.1) is 11.3 Å². The molecule has 6 heteroatoms. The normalized spacial score (nSPS) is 23.8. The maximum absolute atomic E-state index is 11.5. The third kappa shape index (κ3) is 2.05. The van der Waals surface area contributed by atoms with Crippen LogP contribution in [0.2, 0.25) is 4.34 Å². The Morgan fingerprint density at radius 2 is 2.38 bits per heavy atom. The molecular weight excluding hydrogens is 250 g/mol. The summed E-state index contributed by atoms with van der Waals surface area (Å²) in [5.41, 5.74) is 0. The van der Waals surface area contributed by atoms with Crippen LogP contribution < -0.4 is 0 Å². The summed E-state index contributed by atoms with van der Waals surface area (Å²) in [6.45, 7) is 1.71. The van der Waals surface area contributed by atoms with Crippen molar-refractivity contribution in [1.29, 1.82) is 0 Å². The molecule has 0 radical (unpaired) electrons. The molecule has 0 aromatic carbocycles. The molecule has 86 valence electrons. The van der Waals surface area contributed by atoms with Gasteiger partial charge in [-0.25, -0.2) is 9.79 Å². The smallest absolute Gasteiger partial charge is 0.335 e. The van der Waals surface area contributed by atoms with Crippen LogP contribution >= 0.6 is 22.9 Å². The first-order chi connectivity index (χ1) is 7.61. The van der Waals surface area contributed by atoms with Gasteiger partial charge in [-0.05, 0) is 12.1 Å². The van der Waals surface area contributed by atoms with Gasteiger partial charge in [-0.1, -0.05) is 11.6 Å². The van der Waals surface area contributed by atoms with Crippen LogP contribution in [0.4, 0.5) is 0 Å². The zero-order valence-corrected chi connectivity index (χ0v) is 10.3. The lowest BCUT2D eigenvalue weighted by atomic mass is 10.1. The fourth-order valence-corrected chi connectivity index (χ4v) is 2.65. The first-order valence-electron chi connectivity index (χ1n) is 4.66. The molecule has 2 atom stereocenters. The van der Waals surface area contributed by atoms with Crippen molar-refractivity contribution in [3.05, 3.63) is 21.3 Å². The highest BCUT2D eigenvalue weighted by molar-refractivity contribution is 7.16. The predicted molar refractivity (Wildman–Crippen MR) is 62.1 cm³/mol. The van der Waals surface area contributed by atoms with E-state index < -0.39 is 18.1 Å². The van der Waals surface area contributed by atoms with E-state index in [9.17, 15) is 4.79 Å². The van der Waals surface area contributed by atoms with Crippen LogP contribution in [0.25, 0.3) is 0 Å². The molecule has 0 amide bonds. The maximum Gasteiger partial charge on any atom is 0.335 e. The minimum atomic E-state index is -0.625. The molecule has 0 spiro atoms. The predicted octanol–water partition coefficient (Wildman–Crippen LogP) is 2.43. The number of hydrogen-bond acceptors (Lipinski definition) is 5. The van der Waals surface area contributed by atoms with Gasteiger partial charge in [0.1, 0.15) is 0 Å². The zero-order valence-electron chi connectivity index (χ0n) is 8.77. The van der Waals surface area contributed by atoms with Crippen molar-refractivity contribution in [3.63, 3.8) is 0 Å². The number of aliphatic imine (C=N–C) groups is 1. The molecule has 1 aromatic rings. The molecule has 2 rings (SSSR count). The van der Waals surface area contributed by atoms with Gasteiger partial charge in [0.2, 0.25) is 0 Å². The van der Waals surface area contributed by atoms with E-state index >= 15 is 0 Å². The van der Waals surface area contributed by atoms with Gasteiger partial charge in [-0.3, -0.25) is 0 Å². The maximum atomic E-state index is 11.5. The zero-order chi connectivity index (χ0) is 11.7. The molecule has 0 saturated carbocycles. The van der Waals surface area contributed by atoms with E-state index in [0.29, 0.717) is 10.2 Å². The molecule has 0 N–H and O–H groups in total. The standard InChI is InChI=1S/C10H10ClNO3S/c1-5-12-8(10(13)14-2)9(15-5)6-3-4-7(11)16-6/h3-4,8-9H,1-2H3. The Bertz CT molecular complexity index is 443. The Balaban J connectivity index is 2.25. The number of halogens is 1. The van der Waals surface area contributed by atoms with E-state index in [4.69, 9.17) is 16.3 Å². The molecule has 0 saturated heterocycles. The molecule has 2 unspecified atom stereocenters. The van der Waals surface area contributed by atoms with Gasteiger partial charge in [0, 0.05) is 11.8 Å². The van der Waals surface area contributed by atoms with E-state index in [2.05, 4.69) is 9.73 Å². The summed E-state index contributed by atoms with van der Waals surface area (Å²) >= 11 is 7.22. The lowest BCUT2D eigenvalue weighted by molar-refractivity contribution is -0.143. The van der Waals surface area contributed by atoms with Crippen LogP contribution in [0.5, 0.6) is 0 Å². The van der Waals surface area contributed by atoms with Crippen LogP contribution in [0.1, 0.15) is 17.9 Å². The topological polar surface area (TPSA) is 47.9 Å². The third-order valence-electron chi connectivity index (χ3n) is 2.22. The number of thiophene rings is 1. The highest BCUT2D eigenvalue weighted by atomic mass is 35.5. The van der Waals surface area contributed by atoms with Gasteiger partial charge in [0.15, 0.2) is 18.0 Å². The van der Waals surface area contributed by atoms with Gasteiger partial charge in [0.05, 0.1) is 11.4 Å². The lowest BCUT2D eigenvalue weighted by Gasteiger charge is -2.13. The van der Waals surface area contributed by atoms with Crippen molar-refractivity contribution < 1.29 is 14.3 Å². The number of esters is 1. The number of nitrogens with zero attached hydrogens (tertiary/aromatic N) is 1. The van der Waals surface area contributed by atoms with Crippen LogP contribution in [-0.2, 0) is 14.3 Å². The summed E-state index contributed by atoms with van der Waals surface area (Å²) < 4.78 is 10.8. The van der Waals surface area contributed by atoms with Gasteiger partial charge < -0.3 is 9.47 Å². The molecule has 16 heavy (non-hydrogen) atoms. The van der Waals surface area contributed by atoms with Crippen LogP contribution in [0.3, 0.4) is 0 Å². The second-order valence-electron chi connectivity index (χ2n) is 3.30. The fourth-order valence-electron chi connectivity index (χ4n) is 1.53. The van der Waals surface area contributed by atoms with E-state index in [-0.39, 0.29) is 0 Å². The Morgan fingerprint density at radius 1 is 1.62 bits per heavy atom. The molecule has 0 fully saturated rings. The molecule has 0 aliphatic carbocycles. The molecule has 2 heterocycles. The molecule has 1 aliphatic rings. The van der Waals surface area contributed by atoms with Gasteiger partial charge in [0.25, 0.3) is 0 Å². The minimum absolute atomic E-state index is 0.397. The molecule has 1 aliphatic heterocycles. The average Bonchev–Trinajstić information content (AvgIpc) is 2.83. The summed E-state index contributed by atoms with van der Waals surface area (Å²) in [7, 11) is 1.34. The number of hydrogen-bond donors (Lipinski definition) is 0. The summed E-state index contributed by atoms with van der Waals surface area (Å²) in [5.74, 6) is 0.0938. The average molecular weight is 260 g/mol. The molecule has 1 aromatic heterocycles. The largest absolute Gasteiger partial charge is 0.469 e. The van der Waals surface area contributed by atoms with Crippen molar-refractivity contribution in [2.24, 2.45) is 4.99 Å². The van der Waals surface area contributed by atoms with E-state index in [0.717, 1.165) is 4.88 Å². The lowest BCUT2D eigenvalue weighted by Crippen LogP contribution is -2.24. The van der Waals surface area contributed by atoms with Crippen molar-refractivity contribution in [2.75, 3.05) is 7.11 Å². The Morgan fingerprint density at radius 3 is 2.94 bits per heavy atom. The highest BCUT2D eigenvalue weighted by Gasteiger charge is 2.37. The monoisotopic (exact) mass is 259 g/mol. The van der Waals surface area contributed by atoms with E-state index in [1.165, 1.54) is 18.4 Å². The summed E-state index contributed by atoms with van der Waals surface area (Å²) in [4.78, 5) is 16.5. The van der Waals surface area contributed by atoms with Crippen LogP contribution in [0.15, 0.2) is 17.1 Å². The summed E-state index contributed by atoms with van der Waals surface area (Å²) in [6.07, 6.45) is -0.412. The Labute approximate surface area is 102 Å². The number of carbonyl (C=O) groups is 1. The Kier molecular flexibility index (Phi) is 3.16. The summed E-state index contributed by atoms with van der Waals surface area (Å²) in [5, 5.41) is 0. The van der Waals surface area contributed by atoms with Gasteiger partial charge in [-0.2, -0.15) is 0 Å². The summed E-state index contributed by atoms with van der Waals surface area (Å²) in [6, 6.07) is 2.98. The number of ether oxygens (including phenoxy) is 2. The SMILES string of the molecule is COC(=O)C1N=C(C)OC1c1ccc(Cl)s1. The second-order valence-corrected chi connectivity index (χ2v) is 5.04. The van der Waals surface area contributed by atoms with E-state index in [1.807, 2.05) is 6.07 Å². The molecular formula is C10H10ClNO3S. The van der Waals surface area contributed by atoms with Crippen LogP contribution in [-0.4, -0.2) is 25.0 Å². The second kappa shape index (κ2) is 4.43. The fraction of sp³-hybridized carbons (Fsp3) is 0.400. The Hall–Kier alpha value is -1.07. The van der Waals surface area contributed by atoms with Crippen molar-refractivity contribution >= 4 is 34.8 Å².